The van der Waals surface area contributed by atoms with Crippen LogP contribution in [0.3, 0.4) is 0 Å². The molecular weight excluding hydrogens is 321 g/mol. The molecule has 0 saturated carbocycles. The van der Waals surface area contributed by atoms with Crippen LogP contribution >= 0.6 is 24.0 Å². The van der Waals surface area contributed by atoms with Crippen LogP contribution in [0.4, 0.5) is 8.78 Å². The number of hydrogen-bond acceptors (Lipinski definition) is 3. The average molecular weight is 335 g/mol. The Kier molecular flexibility index (Phi) is 6.64. The summed E-state index contributed by atoms with van der Waals surface area (Å²) in [7, 11) is -4.03. The predicted octanol–water partition coefficient (Wildman–Crippen LogP) is 1.94. The summed E-state index contributed by atoms with van der Waals surface area (Å²) in [5, 5.41) is 0.214. The molecule has 0 radical (unpaired) electrons. The Hall–Kier alpha value is -0.470. The fourth-order valence-electron chi connectivity index (χ4n) is 1.21. The maximum Gasteiger partial charge on any atom is 0.273 e. The van der Waals surface area contributed by atoms with Gasteiger partial charge in [-0.15, -0.1) is 12.4 Å². The van der Waals surface area contributed by atoms with Crippen LogP contribution in [-0.4, -0.2) is 27.4 Å². The predicted molar refractivity (Wildman–Crippen MR) is 72.6 cm³/mol. The molecule has 0 heterocycles. The van der Waals surface area contributed by atoms with Gasteiger partial charge in [0, 0.05) is 5.02 Å². The Balaban J connectivity index is 0.00000324. The molecule has 0 aromatic heterocycles. The normalized spacial score (nSPS) is 12.1. The van der Waals surface area contributed by atoms with Crippen LogP contribution in [0.2, 0.25) is 5.02 Å². The van der Waals surface area contributed by atoms with Crippen LogP contribution in [0.15, 0.2) is 23.1 Å². The maximum atomic E-state index is 12.9. The van der Waals surface area contributed by atoms with Gasteiger partial charge in [-0.05, 0) is 24.6 Å². The van der Waals surface area contributed by atoms with Crippen LogP contribution in [0.25, 0.3) is 0 Å². The van der Waals surface area contributed by atoms with Crippen LogP contribution < -0.4 is 10.5 Å². The molecule has 9 heteroatoms. The van der Waals surface area contributed by atoms with Gasteiger partial charge in [-0.25, -0.2) is 21.9 Å². The Morgan fingerprint density at radius 3 is 2.53 bits per heavy atom. The van der Waals surface area contributed by atoms with Gasteiger partial charge in [-0.1, -0.05) is 17.7 Å². The summed E-state index contributed by atoms with van der Waals surface area (Å²) in [6.07, 6.45) is 0. The first-order valence-electron chi connectivity index (χ1n) is 5.02. The number of alkyl halides is 2. The Morgan fingerprint density at radius 2 is 2.00 bits per heavy atom. The van der Waals surface area contributed by atoms with E-state index < -0.39 is 29.0 Å². The molecule has 1 rings (SSSR count). The van der Waals surface area contributed by atoms with E-state index in [0.29, 0.717) is 5.56 Å². The van der Waals surface area contributed by atoms with Crippen molar-refractivity contribution in [2.45, 2.75) is 17.7 Å². The van der Waals surface area contributed by atoms with E-state index in [1.54, 1.807) is 6.92 Å². The minimum atomic E-state index is -4.03. The molecule has 110 valence electrons. The second-order valence-corrected chi connectivity index (χ2v) is 5.97. The van der Waals surface area contributed by atoms with Crippen molar-refractivity contribution < 1.29 is 17.2 Å². The van der Waals surface area contributed by atoms with Gasteiger partial charge in [0.05, 0.1) is 18.0 Å². The largest absolute Gasteiger partial charge is 0.325 e. The van der Waals surface area contributed by atoms with Gasteiger partial charge < -0.3 is 5.73 Å². The van der Waals surface area contributed by atoms with Crippen molar-refractivity contribution >= 4 is 34.0 Å². The van der Waals surface area contributed by atoms with Gasteiger partial charge in [0.1, 0.15) is 0 Å². The van der Waals surface area contributed by atoms with E-state index in [-0.39, 0.29) is 22.3 Å². The second kappa shape index (κ2) is 6.81. The topological polar surface area (TPSA) is 72.2 Å². The molecule has 4 nitrogen and oxygen atoms in total. The zero-order valence-corrected chi connectivity index (χ0v) is 12.4. The van der Waals surface area contributed by atoms with Crippen molar-refractivity contribution in [1.82, 2.24) is 4.72 Å². The van der Waals surface area contributed by atoms with E-state index in [2.05, 4.69) is 0 Å². The summed E-state index contributed by atoms with van der Waals surface area (Å²) in [5.74, 6) is -3.28. The molecule has 0 aliphatic heterocycles. The molecule has 0 bridgehead atoms. The molecule has 1 aromatic rings. The van der Waals surface area contributed by atoms with Gasteiger partial charge >= 0.3 is 0 Å². The molecular formula is C10H14Cl2F2N2O2S. The number of sulfonamides is 1. The zero-order valence-electron chi connectivity index (χ0n) is 9.99. The van der Waals surface area contributed by atoms with Gasteiger partial charge in [0.25, 0.3) is 5.92 Å². The summed E-state index contributed by atoms with van der Waals surface area (Å²) >= 11 is 5.68. The number of benzene rings is 1. The monoisotopic (exact) mass is 334 g/mol. The summed E-state index contributed by atoms with van der Waals surface area (Å²) in [4.78, 5) is -0.122. The third-order valence-electron chi connectivity index (χ3n) is 2.26. The number of hydrogen-bond donors (Lipinski definition) is 2. The number of aryl methyl sites for hydroxylation is 1. The quantitative estimate of drug-likeness (QED) is 0.864. The number of nitrogens with two attached hydrogens (primary N) is 1. The highest BCUT2D eigenvalue weighted by molar-refractivity contribution is 7.89. The molecule has 0 aliphatic carbocycles. The molecule has 0 saturated heterocycles. The van der Waals surface area contributed by atoms with Crippen molar-refractivity contribution in [2.75, 3.05) is 13.1 Å². The molecule has 0 spiro atoms. The lowest BCUT2D eigenvalue weighted by molar-refractivity contribution is 0.0170. The van der Waals surface area contributed by atoms with Crippen molar-refractivity contribution in [2.24, 2.45) is 5.73 Å². The van der Waals surface area contributed by atoms with Gasteiger partial charge in [-0.3, -0.25) is 0 Å². The lowest BCUT2D eigenvalue weighted by Gasteiger charge is -2.15. The van der Waals surface area contributed by atoms with Crippen LogP contribution in [0.5, 0.6) is 0 Å². The Morgan fingerprint density at radius 1 is 1.42 bits per heavy atom. The highest BCUT2D eigenvalue weighted by Crippen LogP contribution is 2.20. The summed E-state index contributed by atoms with van der Waals surface area (Å²) in [5.41, 5.74) is 5.24. The first-order chi connectivity index (χ1) is 8.18. The first-order valence-corrected chi connectivity index (χ1v) is 6.88. The number of rotatable bonds is 5. The molecule has 1 aromatic carbocycles. The van der Waals surface area contributed by atoms with E-state index in [9.17, 15) is 17.2 Å². The summed E-state index contributed by atoms with van der Waals surface area (Å²) < 4.78 is 51.3. The maximum absolute atomic E-state index is 12.9. The molecule has 0 fully saturated rings. The highest BCUT2D eigenvalue weighted by atomic mass is 35.5. The second-order valence-electron chi connectivity index (χ2n) is 3.79. The Labute approximate surface area is 121 Å². The minimum absolute atomic E-state index is 0. The van der Waals surface area contributed by atoms with Crippen LogP contribution in [-0.2, 0) is 10.0 Å². The molecule has 0 unspecified atom stereocenters. The lowest BCUT2D eigenvalue weighted by atomic mass is 10.2. The summed E-state index contributed by atoms with van der Waals surface area (Å²) in [6, 6.07) is 4.22. The standard InChI is InChI=1S/C10H13ClF2N2O2S.ClH/c1-7-2-3-8(11)4-9(7)18(16,17)15-6-10(12,13)5-14;/h2-4,15H,5-6,14H2,1H3;1H. The SMILES string of the molecule is Cc1ccc(Cl)cc1S(=O)(=O)NCC(F)(F)CN.Cl. The van der Waals surface area contributed by atoms with Gasteiger partial charge in [-0.2, -0.15) is 0 Å². The molecule has 0 atom stereocenters. The molecule has 0 amide bonds. The number of halogens is 4. The van der Waals surface area contributed by atoms with Crippen molar-refractivity contribution in [3.63, 3.8) is 0 Å². The van der Waals surface area contributed by atoms with E-state index in [4.69, 9.17) is 17.3 Å². The van der Waals surface area contributed by atoms with Crippen molar-refractivity contribution in [1.29, 1.82) is 0 Å². The van der Waals surface area contributed by atoms with Gasteiger partial charge in [0.2, 0.25) is 10.0 Å². The van der Waals surface area contributed by atoms with Gasteiger partial charge in [0.15, 0.2) is 0 Å². The zero-order chi connectivity index (χ0) is 14.0. The van der Waals surface area contributed by atoms with Crippen LogP contribution in [0.1, 0.15) is 5.56 Å². The molecule has 19 heavy (non-hydrogen) atoms. The van der Waals surface area contributed by atoms with Crippen LogP contribution in [0, 0.1) is 6.92 Å². The fraction of sp³-hybridized carbons (Fsp3) is 0.400. The van der Waals surface area contributed by atoms with Crippen molar-refractivity contribution in [3.8, 4) is 0 Å². The highest BCUT2D eigenvalue weighted by Gasteiger charge is 2.29. The Bertz CT molecular complexity index is 538. The first kappa shape index (κ1) is 18.5. The third kappa shape index (κ3) is 5.19. The molecule has 0 aliphatic rings. The third-order valence-corrected chi connectivity index (χ3v) is 4.04. The average Bonchev–Trinajstić information content (AvgIpc) is 2.30. The van der Waals surface area contributed by atoms with E-state index in [1.807, 2.05) is 4.72 Å². The fourth-order valence-corrected chi connectivity index (χ4v) is 2.78. The minimum Gasteiger partial charge on any atom is -0.325 e. The smallest absolute Gasteiger partial charge is 0.273 e. The molecule has 3 N–H and O–H groups in total. The summed E-state index contributed by atoms with van der Waals surface area (Å²) in [6.45, 7) is -0.423. The van der Waals surface area contributed by atoms with E-state index >= 15 is 0 Å². The lowest BCUT2D eigenvalue weighted by Crippen LogP contribution is -2.41. The van der Waals surface area contributed by atoms with E-state index in [1.165, 1.54) is 18.2 Å². The van der Waals surface area contributed by atoms with E-state index in [0.717, 1.165) is 0 Å². The number of nitrogens with one attached hydrogen (secondary N) is 1. The van der Waals surface area contributed by atoms with Crippen molar-refractivity contribution in [3.05, 3.63) is 28.8 Å².